The Balaban J connectivity index is 1.90. The molecule has 0 spiro atoms. The molecule has 0 saturated carbocycles. The van der Waals surface area contributed by atoms with E-state index in [1.807, 2.05) is 29.2 Å². The van der Waals surface area contributed by atoms with Crippen molar-refractivity contribution in [2.24, 2.45) is 0 Å². The molecule has 4 nitrogen and oxygen atoms in total. The lowest BCUT2D eigenvalue weighted by Gasteiger charge is -2.26. The predicted octanol–water partition coefficient (Wildman–Crippen LogP) is 4.33. The molecule has 24 heavy (non-hydrogen) atoms. The van der Waals surface area contributed by atoms with Crippen molar-refractivity contribution >= 4 is 17.5 Å². The summed E-state index contributed by atoms with van der Waals surface area (Å²) < 4.78 is 10.5. The molecule has 126 valence electrons. The van der Waals surface area contributed by atoms with Crippen LogP contribution in [0.4, 0.5) is 0 Å². The van der Waals surface area contributed by atoms with E-state index in [0.29, 0.717) is 22.1 Å². The van der Waals surface area contributed by atoms with E-state index in [0.717, 1.165) is 24.9 Å². The summed E-state index contributed by atoms with van der Waals surface area (Å²) in [5, 5.41) is 0.703. The van der Waals surface area contributed by atoms with Crippen LogP contribution in [-0.4, -0.2) is 31.6 Å². The van der Waals surface area contributed by atoms with Crippen LogP contribution in [0.2, 0.25) is 5.02 Å². The Bertz CT molecular complexity index is 747. The van der Waals surface area contributed by atoms with Crippen LogP contribution in [0, 0.1) is 0 Å². The van der Waals surface area contributed by atoms with E-state index in [-0.39, 0.29) is 11.9 Å². The number of halogens is 1. The predicted molar refractivity (Wildman–Crippen MR) is 94.0 cm³/mol. The number of hydrogen-bond donors (Lipinski definition) is 0. The van der Waals surface area contributed by atoms with Gasteiger partial charge in [0.25, 0.3) is 5.91 Å². The second kappa shape index (κ2) is 7.14. The highest BCUT2D eigenvalue weighted by molar-refractivity contribution is 6.31. The van der Waals surface area contributed by atoms with Crippen molar-refractivity contribution in [2.75, 3.05) is 20.8 Å². The van der Waals surface area contributed by atoms with Gasteiger partial charge in [0.15, 0.2) is 11.5 Å². The van der Waals surface area contributed by atoms with Crippen molar-refractivity contribution in [3.05, 3.63) is 58.6 Å². The van der Waals surface area contributed by atoms with Crippen molar-refractivity contribution in [3.63, 3.8) is 0 Å². The van der Waals surface area contributed by atoms with E-state index in [2.05, 4.69) is 0 Å². The van der Waals surface area contributed by atoms with Crippen LogP contribution in [0.1, 0.15) is 34.8 Å². The highest BCUT2D eigenvalue weighted by atomic mass is 35.5. The summed E-state index contributed by atoms with van der Waals surface area (Å²) in [6.45, 7) is 0.725. The molecule has 2 aromatic carbocycles. The number of ether oxygens (including phenoxy) is 2. The molecule has 5 heteroatoms. The van der Waals surface area contributed by atoms with Crippen LogP contribution < -0.4 is 9.47 Å². The molecule has 1 unspecified atom stereocenters. The summed E-state index contributed by atoms with van der Waals surface area (Å²) in [7, 11) is 3.14. The Morgan fingerprint density at radius 1 is 1.12 bits per heavy atom. The molecule has 1 saturated heterocycles. The Morgan fingerprint density at radius 2 is 1.88 bits per heavy atom. The largest absolute Gasteiger partial charge is 0.493 e. The average Bonchev–Trinajstić information content (AvgIpc) is 3.10. The Hall–Kier alpha value is -2.20. The summed E-state index contributed by atoms with van der Waals surface area (Å²) in [4.78, 5) is 14.9. The number of methoxy groups -OCH3 is 2. The molecule has 1 aliphatic heterocycles. The molecule has 0 bridgehead atoms. The monoisotopic (exact) mass is 345 g/mol. The molecule has 1 amide bonds. The van der Waals surface area contributed by atoms with Gasteiger partial charge in [-0.15, -0.1) is 0 Å². The number of nitrogens with zero attached hydrogens (tertiary/aromatic N) is 1. The second-order valence-electron chi connectivity index (χ2n) is 5.75. The van der Waals surface area contributed by atoms with Crippen LogP contribution in [0.5, 0.6) is 11.5 Å². The lowest BCUT2D eigenvalue weighted by molar-refractivity contribution is 0.0735. The minimum absolute atomic E-state index is 0.0132. The highest BCUT2D eigenvalue weighted by Gasteiger charge is 2.32. The van der Waals surface area contributed by atoms with Crippen LogP contribution >= 0.6 is 11.6 Å². The fraction of sp³-hybridized carbons (Fsp3) is 0.316. The van der Waals surface area contributed by atoms with Crippen LogP contribution in [0.15, 0.2) is 42.5 Å². The summed E-state index contributed by atoms with van der Waals surface area (Å²) >= 11 is 6.33. The Labute approximate surface area is 146 Å². The van der Waals surface area contributed by atoms with E-state index < -0.39 is 0 Å². The van der Waals surface area contributed by atoms with Crippen molar-refractivity contribution in [1.29, 1.82) is 0 Å². The van der Waals surface area contributed by atoms with Crippen LogP contribution in [0.25, 0.3) is 0 Å². The third-order valence-corrected chi connectivity index (χ3v) is 4.75. The SMILES string of the molecule is COc1ccc(C(=O)N2CCCC2c2ccccc2Cl)cc1OC. The highest BCUT2D eigenvalue weighted by Crippen LogP contribution is 2.37. The molecule has 1 heterocycles. The van der Waals surface area contributed by atoms with Gasteiger partial charge in [-0.05, 0) is 42.7 Å². The van der Waals surface area contributed by atoms with E-state index in [1.165, 1.54) is 0 Å². The van der Waals surface area contributed by atoms with Gasteiger partial charge in [-0.25, -0.2) is 0 Å². The minimum atomic E-state index is -0.0154. The first-order valence-electron chi connectivity index (χ1n) is 7.93. The van der Waals surface area contributed by atoms with Gasteiger partial charge >= 0.3 is 0 Å². The minimum Gasteiger partial charge on any atom is -0.493 e. The number of hydrogen-bond acceptors (Lipinski definition) is 3. The van der Waals surface area contributed by atoms with E-state index in [1.54, 1.807) is 32.4 Å². The molecule has 0 aliphatic carbocycles. The molecule has 0 radical (unpaired) electrons. The van der Waals surface area contributed by atoms with E-state index in [9.17, 15) is 4.79 Å². The molecule has 3 rings (SSSR count). The zero-order chi connectivity index (χ0) is 17.1. The van der Waals surface area contributed by atoms with Crippen LogP contribution in [-0.2, 0) is 0 Å². The number of likely N-dealkylation sites (tertiary alicyclic amines) is 1. The standard InChI is InChI=1S/C19H20ClNO3/c1-23-17-10-9-13(12-18(17)24-2)19(22)21-11-5-8-16(21)14-6-3-4-7-15(14)20/h3-4,6-7,9-10,12,16H,5,8,11H2,1-2H3. The number of benzene rings is 2. The third-order valence-electron chi connectivity index (χ3n) is 4.41. The summed E-state index contributed by atoms with van der Waals surface area (Å²) in [5.74, 6) is 1.15. The van der Waals surface area contributed by atoms with Gasteiger partial charge in [-0.2, -0.15) is 0 Å². The fourth-order valence-corrected chi connectivity index (χ4v) is 3.48. The summed E-state index contributed by atoms with van der Waals surface area (Å²) in [6.07, 6.45) is 1.89. The zero-order valence-corrected chi connectivity index (χ0v) is 14.5. The quantitative estimate of drug-likeness (QED) is 0.827. The number of carbonyl (C=O) groups is 1. The van der Waals surface area contributed by atoms with Crippen LogP contribution in [0.3, 0.4) is 0 Å². The van der Waals surface area contributed by atoms with Gasteiger partial charge in [0, 0.05) is 17.1 Å². The lowest BCUT2D eigenvalue weighted by Crippen LogP contribution is -2.30. The van der Waals surface area contributed by atoms with E-state index in [4.69, 9.17) is 21.1 Å². The van der Waals surface area contributed by atoms with Crippen molar-refractivity contribution in [2.45, 2.75) is 18.9 Å². The maximum Gasteiger partial charge on any atom is 0.254 e. The van der Waals surface area contributed by atoms with Gasteiger partial charge in [0.05, 0.1) is 20.3 Å². The smallest absolute Gasteiger partial charge is 0.254 e. The average molecular weight is 346 g/mol. The molecular formula is C19H20ClNO3. The normalized spacial score (nSPS) is 17.0. The molecule has 2 aromatic rings. The Morgan fingerprint density at radius 3 is 2.58 bits per heavy atom. The van der Waals surface area contributed by atoms with Crippen molar-refractivity contribution < 1.29 is 14.3 Å². The lowest BCUT2D eigenvalue weighted by atomic mass is 10.0. The van der Waals surface area contributed by atoms with E-state index >= 15 is 0 Å². The zero-order valence-electron chi connectivity index (χ0n) is 13.8. The maximum atomic E-state index is 13.0. The van der Waals surface area contributed by atoms with Crippen molar-refractivity contribution in [3.8, 4) is 11.5 Å². The van der Waals surface area contributed by atoms with Gasteiger partial charge in [0.1, 0.15) is 0 Å². The molecular weight excluding hydrogens is 326 g/mol. The fourth-order valence-electron chi connectivity index (χ4n) is 3.21. The number of carbonyl (C=O) groups excluding carboxylic acids is 1. The summed E-state index contributed by atoms with van der Waals surface area (Å²) in [5.41, 5.74) is 1.59. The first-order valence-corrected chi connectivity index (χ1v) is 8.31. The molecule has 1 aliphatic rings. The first kappa shape index (κ1) is 16.7. The van der Waals surface area contributed by atoms with Gasteiger partial charge in [0.2, 0.25) is 0 Å². The van der Waals surface area contributed by atoms with Crippen molar-refractivity contribution in [1.82, 2.24) is 4.90 Å². The second-order valence-corrected chi connectivity index (χ2v) is 6.16. The van der Waals surface area contributed by atoms with Gasteiger partial charge < -0.3 is 14.4 Å². The topological polar surface area (TPSA) is 38.8 Å². The molecule has 0 N–H and O–H groups in total. The Kier molecular flexibility index (Phi) is 4.95. The van der Waals surface area contributed by atoms with Gasteiger partial charge in [-0.3, -0.25) is 4.79 Å². The summed E-state index contributed by atoms with van der Waals surface area (Å²) in [6, 6.07) is 13.0. The molecule has 0 aromatic heterocycles. The molecule has 1 fully saturated rings. The third kappa shape index (κ3) is 3.06. The van der Waals surface area contributed by atoms with Gasteiger partial charge in [-0.1, -0.05) is 29.8 Å². The first-order chi connectivity index (χ1) is 11.7. The molecule has 1 atom stereocenters. The number of amides is 1. The number of rotatable bonds is 4. The maximum absolute atomic E-state index is 13.0.